The standard InChI is InChI=1S/C19H19N3O4/c1-2-13-16(21-18(24)15(17(13)23)19(25)26)10-4-3-9-5-12-7-11(20)8-22(12)14(9)6-10/h3-6,11H,2,7-8,20H2,1H3,(H,25,26)(H2,21,23,24). The number of hydrogen-bond acceptors (Lipinski definition) is 4. The minimum atomic E-state index is -1.45. The Hall–Kier alpha value is -3.06. The number of pyridine rings is 1. The number of aromatic amines is 1. The maximum absolute atomic E-state index is 12.2. The van der Waals surface area contributed by atoms with Crippen LogP contribution < -0.4 is 11.3 Å². The molecule has 3 heterocycles. The second-order valence-electron chi connectivity index (χ2n) is 6.67. The molecule has 5 N–H and O–H groups in total. The topological polar surface area (TPSA) is 121 Å². The van der Waals surface area contributed by atoms with Gasteiger partial charge < -0.3 is 25.5 Å². The van der Waals surface area contributed by atoms with Gasteiger partial charge in [-0.25, -0.2) is 4.79 Å². The maximum atomic E-state index is 12.2. The van der Waals surface area contributed by atoms with Gasteiger partial charge in [-0.3, -0.25) is 4.79 Å². The first-order chi connectivity index (χ1) is 12.4. The van der Waals surface area contributed by atoms with E-state index in [1.54, 1.807) is 6.92 Å². The fourth-order valence-corrected chi connectivity index (χ4v) is 3.84. The number of H-pyrrole nitrogens is 1. The molecule has 134 valence electrons. The minimum absolute atomic E-state index is 0.1000. The van der Waals surface area contributed by atoms with Crippen LogP contribution in [0.3, 0.4) is 0 Å². The van der Waals surface area contributed by atoms with Crippen LogP contribution in [0.4, 0.5) is 0 Å². The first-order valence-electron chi connectivity index (χ1n) is 8.50. The third-order valence-electron chi connectivity index (χ3n) is 5.02. The van der Waals surface area contributed by atoms with Crippen LogP contribution in [0.5, 0.6) is 5.75 Å². The lowest BCUT2D eigenvalue weighted by atomic mass is 9.99. The number of nitrogens with zero attached hydrogens (tertiary/aromatic N) is 1. The van der Waals surface area contributed by atoms with Crippen LogP contribution in [0.1, 0.15) is 28.5 Å². The van der Waals surface area contributed by atoms with E-state index in [9.17, 15) is 19.8 Å². The number of aromatic carboxylic acids is 1. The van der Waals surface area contributed by atoms with Gasteiger partial charge in [0, 0.05) is 41.3 Å². The highest BCUT2D eigenvalue weighted by Gasteiger charge is 2.23. The zero-order valence-corrected chi connectivity index (χ0v) is 14.2. The summed E-state index contributed by atoms with van der Waals surface area (Å²) in [6.45, 7) is 2.54. The molecule has 1 unspecified atom stereocenters. The number of benzene rings is 1. The lowest BCUT2D eigenvalue weighted by Gasteiger charge is -2.13. The number of hydrogen-bond donors (Lipinski definition) is 4. The summed E-state index contributed by atoms with van der Waals surface area (Å²) in [6.07, 6.45) is 1.21. The summed E-state index contributed by atoms with van der Waals surface area (Å²) in [5.41, 5.74) is 8.37. The van der Waals surface area contributed by atoms with Crippen molar-refractivity contribution in [2.75, 3.05) is 0 Å². The van der Waals surface area contributed by atoms with Gasteiger partial charge in [-0.1, -0.05) is 19.1 Å². The zero-order chi connectivity index (χ0) is 18.6. The van der Waals surface area contributed by atoms with Gasteiger partial charge in [-0.05, 0) is 23.9 Å². The Labute approximate surface area is 148 Å². The molecular weight excluding hydrogens is 334 g/mol. The van der Waals surface area contributed by atoms with Crippen molar-refractivity contribution in [2.24, 2.45) is 5.73 Å². The van der Waals surface area contributed by atoms with Gasteiger partial charge in [0.15, 0.2) is 5.56 Å². The number of nitrogens with one attached hydrogen (secondary N) is 1. The molecule has 0 radical (unpaired) electrons. The van der Waals surface area contributed by atoms with E-state index in [0.29, 0.717) is 17.7 Å². The number of nitrogens with two attached hydrogens (primary N) is 1. The third-order valence-corrected chi connectivity index (χ3v) is 5.02. The molecule has 0 amide bonds. The van der Waals surface area contributed by atoms with Crippen molar-refractivity contribution in [1.29, 1.82) is 0 Å². The number of aromatic hydroxyl groups is 1. The van der Waals surface area contributed by atoms with Crippen LogP contribution in [-0.4, -0.2) is 31.8 Å². The first kappa shape index (κ1) is 16.4. The van der Waals surface area contributed by atoms with Crippen molar-refractivity contribution in [3.05, 3.63) is 51.4 Å². The summed E-state index contributed by atoms with van der Waals surface area (Å²) in [5, 5.41) is 20.6. The van der Waals surface area contributed by atoms with Crippen molar-refractivity contribution in [3.8, 4) is 17.0 Å². The normalized spacial score (nSPS) is 16.2. The van der Waals surface area contributed by atoms with E-state index < -0.39 is 22.8 Å². The van der Waals surface area contributed by atoms with Crippen LogP contribution in [-0.2, 0) is 19.4 Å². The molecule has 3 aromatic rings. The van der Waals surface area contributed by atoms with E-state index in [-0.39, 0.29) is 6.04 Å². The smallest absolute Gasteiger partial charge is 0.345 e. The Morgan fingerprint density at radius 2 is 2.15 bits per heavy atom. The highest BCUT2D eigenvalue weighted by molar-refractivity contribution is 5.92. The molecule has 1 aliphatic rings. The third kappa shape index (κ3) is 2.32. The molecule has 0 aliphatic carbocycles. The molecule has 7 heteroatoms. The van der Waals surface area contributed by atoms with Crippen molar-refractivity contribution < 1.29 is 15.0 Å². The summed E-state index contributed by atoms with van der Waals surface area (Å²) in [4.78, 5) is 26.1. The number of rotatable bonds is 3. The second kappa shape index (κ2) is 5.74. The van der Waals surface area contributed by atoms with Crippen LogP contribution in [0, 0.1) is 0 Å². The molecule has 4 rings (SSSR count). The van der Waals surface area contributed by atoms with Gasteiger partial charge >= 0.3 is 5.97 Å². The highest BCUT2D eigenvalue weighted by atomic mass is 16.4. The van der Waals surface area contributed by atoms with Gasteiger partial charge in [0.1, 0.15) is 5.75 Å². The summed E-state index contributed by atoms with van der Waals surface area (Å²) in [6, 6.07) is 7.98. The lowest BCUT2D eigenvalue weighted by molar-refractivity contribution is 0.0691. The zero-order valence-electron chi connectivity index (χ0n) is 14.2. The molecule has 1 aliphatic heterocycles. The van der Waals surface area contributed by atoms with Crippen LogP contribution in [0.2, 0.25) is 0 Å². The average molecular weight is 353 g/mol. The van der Waals surface area contributed by atoms with Gasteiger partial charge in [0.05, 0.1) is 5.69 Å². The van der Waals surface area contributed by atoms with E-state index in [4.69, 9.17) is 5.73 Å². The number of fused-ring (bicyclic) bond motifs is 3. The van der Waals surface area contributed by atoms with Crippen LogP contribution in [0.15, 0.2) is 29.1 Å². The Morgan fingerprint density at radius 1 is 1.38 bits per heavy atom. The molecule has 1 aromatic carbocycles. The molecule has 0 fully saturated rings. The van der Waals surface area contributed by atoms with E-state index in [0.717, 1.165) is 29.4 Å². The predicted molar refractivity (Wildman–Crippen MR) is 97.7 cm³/mol. The van der Waals surface area contributed by atoms with Crippen LogP contribution >= 0.6 is 0 Å². The summed E-state index contributed by atoms with van der Waals surface area (Å²) in [5.74, 6) is -1.92. The monoisotopic (exact) mass is 353 g/mol. The van der Waals surface area contributed by atoms with Crippen molar-refractivity contribution in [3.63, 3.8) is 0 Å². The molecule has 7 nitrogen and oxygen atoms in total. The number of carboxylic acid groups (broad SMARTS) is 1. The Bertz CT molecular complexity index is 1110. The second-order valence-corrected chi connectivity index (χ2v) is 6.67. The molecule has 0 saturated heterocycles. The van der Waals surface area contributed by atoms with Gasteiger partial charge in [-0.2, -0.15) is 0 Å². The van der Waals surface area contributed by atoms with E-state index in [1.807, 2.05) is 18.2 Å². The van der Waals surface area contributed by atoms with Gasteiger partial charge in [0.2, 0.25) is 0 Å². The Kier molecular flexibility index (Phi) is 3.62. The highest BCUT2D eigenvalue weighted by Crippen LogP contribution is 2.33. The SMILES string of the molecule is CCc1c(-c2ccc3cc4n(c3c2)CC(N)C4)[nH]c(=O)c(C(=O)O)c1O. The number of aromatic nitrogens is 2. The molecule has 2 aromatic heterocycles. The molecule has 1 atom stereocenters. The number of carbonyl (C=O) groups is 1. The molecule has 0 spiro atoms. The Balaban J connectivity index is 1.94. The summed E-state index contributed by atoms with van der Waals surface area (Å²) >= 11 is 0. The predicted octanol–water partition coefficient (Wildman–Crippen LogP) is 1.85. The molecule has 0 saturated carbocycles. The van der Waals surface area contributed by atoms with E-state index >= 15 is 0 Å². The van der Waals surface area contributed by atoms with E-state index in [2.05, 4.69) is 15.6 Å². The van der Waals surface area contributed by atoms with Gasteiger partial charge in [0.25, 0.3) is 5.56 Å². The van der Waals surface area contributed by atoms with Gasteiger partial charge in [-0.15, -0.1) is 0 Å². The average Bonchev–Trinajstić information content (AvgIpc) is 3.09. The summed E-state index contributed by atoms with van der Waals surface area (Å²) in [7, 11) is 0. The fourth-order valence-electron chi connectivity index (χ4n) is 3.84. The minimum Gasteiger partial charge on any atom is -0.506 e. The first-order valence-corrected chi connectivity index (χ1v) is 8.50. The van der Waals surface area contributed by atoms with Crippen molar-refractivity contribution >= 4 is 16.9 Å². The van der Waals surface area contributed by atoms with E-state index in [1.165, 1.54) is 5.69 Å². The molecular formula is C19H19N3O4. The van der Waals surface area contributed by atoms with Crippen molar-refractivity contribution in [2.45, 2.75) is 32.4 Å². The quantitative estimate of drug-likeness (QED) is 0.572. The number of carboxylic acids is 1. The molecule has 26 heavy (non-hydrogen) atoms. The maximum Gasteiger partial charge on any atom is 0.345 e. The summed E-state index contributed by atoms with van der Waals surface area (Å²) < 4.78 is 2.17. The Morgan fingerprint density at radius 3 is 2.85 bits per heavy atom. The lowest BCUT2D eigenvalue weighted by Crippen LogP contribution is -2.20. The van der Waals surface area contributed by atoms with Crippen molar-refractivity contribution in [1.82, 2.24) is 9.55 Å². The molecule has 0 bridgehead atoms. The van der Waals surface area contributed by atoms with Crippen LogP contribution in [0.25, 0.3) is 22.2 Å². The largest absolute Gasteiger partial charge is 0.506 e. The fraction of sp³-hybridized carbons (Fsp3) is 0.263.